The van der Waals surface area contributed by atoms with Gasteiger partial charge in [0.25, 0.3) is 0 Å². The molecule has 0 saturated carbocycles. The van der Waals surface area contributed by atoms with Gasteiger partial charge in [-0.3, -0.25) is 0 Å². The third-order valence-corrected chi connectivity index (χ3v) is 6.56. The molecule has 0 fully saturated rings. The number of anilines is 3. The van der Waals surface area contributed by atoms with Gasteiger partial charge in [-0.25, -0.2) is 0 Å². The number of hydrogen-bond acceptors (Lipinski definition) is 5. The first-order valence-corrected chi connectivity index (χ1v) is 11.6. The van der Waals surface area contributed by atoms with Gasteiger partial charge in [0.2, 0.25) is 0 Å². The van der Waals surface area contributed by atoms with E-state index in [4.69, 9.17) is 4.74 Å². The van der Waals surface area contributed by atoms with E-state index in [1.54, 1.807) is 12.1 Å². The Morgan fingerprint density at radius 3 is 1.54 bits per heavy atom. The third kappa shape index (κ3) is 4.37. The van der Waals surface area contributed by atoms with Crippen molar-refractivity contribution in [2.75, 3.05) is 4.90 Å². The molecule has 0 saturated heterocycles. The zero-order chi connectivity index (χ0) is 25.4. The van der Waals surface area contributed by atoms with Crippen molar-refractivity contribution in [2.24, 2.45) is 0 Å². The molecule has 4 rings (SSSR count). The highest BCUT2D eigenvalue weighted by Gasteiger charge is 2.23. The first-order valence-electron chi connectivity index (χ1n) is 11.6. The average Bonchev–Trinajstić information content (AvgIpc) is 2.84. The summed E-state index contributed by atoms with van der Waals surface area (Å²) in [6.45, 7) is 11.5. The predicted octanol–water partition coefficient (Wildman–Crippen LogP) is 7.92. The Morgan fingerprint density at radius 2 is 1.03 bits per heavy atom. The second-order valence-corrected chi connectivity index (χ2v) is 9.04. The van der Waals surface area contributed by atoms with Gasteiger partial charge in [-0.15, -0.1) is 0 Å². The van der Waals surface area contributed by atoms with Crippen molar-refractivity contribution in [3.63, 3.8) is 0 Å². The van der Waals surface area contributed by atoms with Crippen LogP contribution in [0.5, 0.6) is 28.7 Å². The molecule has 3 N–H and O–H groups in total. The monoisotopic (exact) mass is 469 g/mol. The molecule has 0 aromatic heterocycles. The van der Waals surface area contributed by atoms with E-state index >= 15 is 0 Å². The van der Waals surface area contributed by atoms with E-state index in [2.05, 4.69) is 4.90 Å². The SMILES string of the molecule is Cc1ccc(Oc2ccc(N(c3c(C)ccc(O)c3C)c3c(C)ccc(O)c3C)cc2)c(C)c1O. The van der Waals surface area contributed by atoms with Crippen LogP contribution in [0.4, 0.5) is 17.1 Å². The molecule has 5 nitrogen and oxygen atoms in total. The molecule has 4 aromatic rings. The summed E-state index contributed by atoms with van der Waals surface area (Å²) in [5.74, 6) is 1.88. The fourth-order valence-corrected chi connectivity index (χ4v) is 4.43. The lowest BCUT2D eigenvalue weighted by molar-refractivity contribution is 0.445. The maximum Gasteiger partial charge on any atom is 0.134 e. The van der Waals surface area contributed by atoms with Crippen LogP contribution in [-0.2, 0) is 0 Å². The molecule has 0 spiro atoms. The minimum atomic E-state index is 0.209. The standard InChI is InChI=1S/C30H31NO4/c1-17-7-14-25(32)20(4)28(17)31(29-18(2)8-15-26(33)21(29)5)23-10-12-24(13-11-23)35-27-16-9-19(3)30(34)22(27)6/h7-16,32-34H,1-6H3. The molecule has 0 atom stereocenters. The summed E-state index contributed by atoms with van der Waals surface area (Å²) >= 11 is 0. The molecule has 0 aliphatic heterocycles. The van der Waals surface area contributed by atoms with Gasteiger partial charge in [-0.05, 0) is 101 Å². The van der Waals surface area contributed by atoms with Gasteiger partial charge in [0.15, 0.2) is 0 Å². The average molecular weight is 470 g/mol. The van der Waals surface area contributed by atoms with Crippen LogP contribution >= 0.6 is 0 Å². The molecule has 0 amide bonds. The van der Waals surface area contributed by atoms with Crippen molar-refractivity contribution in [1.29, 1.82) is 0 Å². The highest BCUT2D eigenvalue weighted by molar-refractivity contribution is 5.85. The Morgan fingerprint density at radius 1 is 0.543 bits per heavy atom. The fraction of sp³-hybridized carbons (Fsp3) is 0.200. The molecule has 0 radical (unpaired) electrons. The van der Waals surface area contributed by atoms with Crippen LogP contribution in [-0.4, -0.2) is 15.3 Å². The molecule has 5 heteroatoms. The molecule has 0 unspecified atom stereocenters. The van der Waals surface area contributed by atoms with Gasteiger partial charge < -0.3 is 25.0 Å². The highest BCUT2D eigenvalue weighted by atomic mass is 16.5. The smallest absolute Gasteiger partial charge is 0.134 e. The van der Waals surface area contributed by atoms with Crippen LogP contribution in [0.1, 0.15) is 33.4 Å². The molecule has 0 bridgehead atoms. The van der Waals surface area contributed by atoms with Gasteiger partial charge >= 0.3 is 0 Å². The van der Waals surface area contributed by atoms with Crippen LogP contribution in [0, 0.1) is 41.5 Å². The molecule has 0 aliphatic rings. The summed E-state index contributed by atoms with van der Waals surface area (Å²) in [6, 6.07) is 18.5. The van der Waals surface area contributed by atoms with Gasteiger partial charge in [0.05, 0.1) is 11.4 Å². The van der Waals surface area contributed by atoms with Gasteiger partial charge in [-0.2, -0.15) is 0 Å². The molecule has 0 heterocycles. The summed E-state index contributed by atoms with van der Waals surface area (Å²) in [4.78, 5) is 2.07. The number of nitrogens with zero attached hydrogens (tertiary/aromatic N) is 1. The van der Waals surface area contributed by atoms with Crippen molar-refractivity contribution in [2.45, 2.75) is 41.5 Å². The second kappa shape index (κ2) is 9.26. The summed E-state index contributed by atoms with van der Waals surface area (Å²) in [5.41, 5.74) is 7.54. The number of aryl methyl sites for hydroxylation is 3. The van der Waals surface area contributed by atoms with Crippen LogP contribution in [0.15, 0.2) is 60.7 Å². The summed E-state index contributed by atoms with van der Waals surface area (Å²) in [7, 11) is 0. The Hall–Kier alpha value is -4.12. The van der Waals surface area contributed by atoms with Crippen LogP contribution in [0.25, 0.3) is 0 Å². The Balaban J connectivity index is 1.84. The van der Waals surface area contributed by atoms with Crippen molar-refractivity contribution in [3.05, 3.63) is 94.0 Å². The predicted molar refractivity (Wildman–Crippen MR) is 141 cm³/mol. The Labute approximate surface area is 206 Å². The zero-order valence-corrected chi connectivity index (χ0v) is 21.0. The summed E-state index contributed by atoms with van der Waals surface area (Å²) in [6.07, 6.45) is 0. The van der Waals surface area contributed by atoms with E-state index in [0.29, 0.717) is 17.1 Å². The third-order valence-electron chi connectivity index (χ3n) is 6.56. The van der Waals surface area contributed by atoms with Gasteiger partial charge in [-0.1, -0.05) is 18.2 Å². The number of hydrogen-bond donors (Lipinski definition) is 3. The topological polar surface area (TPSA) is 73.2 Å². The first kappa shape index (κ1) is 24.0. The van der Waals surface area contributed by atoms with E-state index in [0.717, 1.165) is 44.9 Å². The number of phenolic OH excluding ortho intramolecular Hbond substituents is 3. The van der Waals surface area contributed by atoms with Crippen LogP contribution in [0.3, 0.4) is 0 Å². The second-order valence-electron chi connectivity index (χ2n) is 9.04. The molecular weight excluding hydrogens is 438 g/mol. The van der Waals surface area contributed by atoms with E-state index in [1.165, 1.54) is 0 Å². The number of phenols is 3. The maximum absolute atomic E-state index is 10.5. The van der Waals surface area contributed by atoms with Crippen LogP contribution < -0.4 is 9.64 Å². The Bertz CT molecular complexity index is 1350. The minimum Gasteiger partial charge on any atom is -0.508 e. The number of benzene rings is 4. The van der Waals surface area contributed by atoms with Crippen LogP contribution in [0.2, 0.25) is 0 Å². The summed E-state index contributed by atoms with van der Waals surface area (Å²) in [5, 5.41) is 31.3. The lowest BCUT2D eigenvalue weighted by atomic mass is 10.0. The molecule has 35 heavy (non-hydrogen) atoms. The molecule has 0 aliphatic carbocycles. The summed E-state index contributed by atoms with van der Waals surface area (Å²) < 4.78 is 6.07. The number of rotatable bonds is 5. The lowest BCUT2D eigenvalue weighted by Gasteiger charge is -2.31. The molecule has 4 aromatic carbocycles. The normalized spacial score (nSPS) is 10.9. The number of ether oxygens (including phenoxy) is 1. The highest BCUT2D eigenvalue weighted by Crippen LogP contribution is 2.46. The van der Waals surface area contributed by atoms with Crippen molar-refractivity contribution in [1.82, 2.24) is 0 Å². The van der Waals surface area contributed by atoms with Crippen molar-refractivity contribution < 1.29 is 20.1 Å². The first-order chi connectivity index (χ1) is 16.6. The fourth-order valence-electron chi connectivity index (χ4n) is 4.43. The van der Waals surface area contributed by atoms with E-state index in [-0.39, 0.29) is 17.2 Å². The molecule has 180 valence electrons. The van der Waals surface area contributed by atoms with E-state index in [9.17, 15) is 15.3 Å². The quantitative estimate of drug-likeness (QED) is 0.277. The van der Waals surface area contributed by atoms with Gasteiger partial charge in [0, 0.05) is 22.4 Å². The molecular formula is C30H31NO4. The maximum atomic E-state index is 10.5. The number of aromatic hydroxyl groups is 3. The Kier molecular flexibility index (Phi) is 6.35. The van der Waals surface area contributed by atoms with Crippen molar-refractivity contribution in [3.8, 4) is 28.7 Å². The largest absolute Gasteiger partial charge is 0.508 e. The zero-order valence-electron chi connectivity index (χ0n) is 21.0. The van der Waals surface area contributed by atoms with Crippen molar-refractivity contribution >= 4 is 17.1 Å². The van der Waals surface area contributed by atoms with E-state index in [1.807, 2.05) is 90.1 Å². The van der Waals surface area contributed by atoms with E-state index < -0.39 is 0 Å². The lowest BCUT2D eigenvalue weighted by Crippen LogP contribution is -2.15. The van der Waals surface area contributed by atoms with Gasteiger partial charge in [0.1, 0.15) is 28.7 Å². The minimum absolute atomic E-state index is 0.209.